The summed E-state index contributed by atoms with van der Waals surface area (Å²) in [5.74, 6) is 1.05. The van der Waals surface area contributed by atoms with Crippen molar-refractivity contribution < 1.29 is 9.53 Å². The Hall–Kier alpha value is -2.51. The van der Waals surface area contributed by atoms with Crippen molar-refractivity contribution in [2.24, 2.45) is 4.99 Å². The Bertz CT molecular complexity index is 1010. The lowest BCUT2D eigenvalue weighted by molar-refractivity contribution is -0.141. The average molecular weight is 387 g/mol. The van der Waals surface area contributed by atoms with Gasteiger partial charge < -0.3 is 4.74 Å². The summed E-state index contributed by atoms with van der Waals surface area (Å²) in [5.41, 5.74) is 2.71. The van der Waals surface area contributed by atoms with E-state index in [9.17, 15) is 4.79 Å². The van der Waals surface area contributed by atoms with Gasteiger partial charge in [-0.3, -0.25) is 14.4 Å². The molecule has 1 atom stereocenters. The molecule has 0 aliphatic carbocycles. The van der Waals surface area contributed by atoms with Gasteiger partial charge in [-0.05, 0) is 30.5 Å². The average Bonchev–Trinajstić information content (AvgIpc) is 3.23. The third-order valence-electron chi connectivity index (χ3n) is 4.24. The van der Waals surface area contributed by atoms with Gasteiger partial charge in [0.15, 0.2) is 5.82 Å². The lowest BCUT2D eigenvalue weighted by Gasteiger charge is -2.11. The zero-order valence-electron chi connectivity index (χ0n) is 14.1. The number of thiophene rings is 1. The molecule has 0 saturated heterocycles. The minimum absolute atomic E-state index is 0.0979. The second-order valence-electron chi connectivity index (χ2n) is 5.86. The molecule has 0 N–H and O–H groups in total. The van der Waals surface area contributed by atoms with Crippen LogP contribution in [0.2, 0.25) is 5.02 Å². The van der Waals surface area contributed by atoms with Crippen LogP contribution in [-0.2, 0) is 9.53 Å². The minimum atomic E-state index is -0.478. The lowest BCUT2D eigenvalue weighted by Crippen LogP contribution is -2.12. The van der Waals surface area contributed by atoms with Crippen LogP contribution in [0.25, 0.3) is 5.00 Å². The number of esters is 1. The molecule has 8 heteroatoms. The summed E-state index contributed by atoms with van der Waals surface area (Å²) in [6.45, 7) is 1.89. The number of nitrogens with zero attached hydrogens (tertiary/aromatic N) is 4. The standard InChI is InChI=1S/C18H15ClN4O2S/c1-10-21-22-17-14(9-15(24)25-2)20-16(11-3-5-12(19)6-4-11)13-7-8-26-18(13)23(10)17/h3-8,14H,9H2,1-2H3/t14-/m0/s1. The van der Waals surface area contributed by atoms with Crippen LogP contribution in [0.4, 0.5) is 0 Å². The van der Waals surface area contributed by atoms with E-state index in [0.29, 0.717) is 10.8 Å². The van der Waals surface area contributed by atoms with Gasteiger partial charge in [0.05, 0.1) is 19.2 Å². The molecule has 0 amide bonds. The van der Waals surface area contributed by atoms with Crippen molar-refractivity contribution in [3.63, 3.8) is 0 Å². The van der Waals surface area contributed by atoms with Crippen molar-refractivity contribution in [3.05, 3.63) is 63.5 Å². The highest BCUT2D eigenvalue weighted by atomic mass is 35.5. The van der Waals surface area contributed by atoms with Crippen LogP contribution >= 0.6 is 22.9 Å². The Morgan fingerprint density at radius 3 is 2.77 bits per heavy atom. The number of aryl methyl sites for hydroxylation is 1. The maximum atomic E-state index is 11.9. The first-order valence-electron chi connectivity index (χ1n) is 7.99. The van der Waals surface area contributed by atoms with Gasteiger partial charge in [0.1, 0.15) is 16.9 Å². The fourth-order valence-electron chi connectivity index (χ4n) is 3.00. The van der Waals surface area contributed by atoms with Crippen molar-refractivity contribution in [1.29, 1.82) is 0 Å². The topological polar surface area (TPSA) is 69.4 Å². The van der Waals surface area contributed by atoms with Crippen molar-refractivity contribution in [1.82, 2.24) is 14.8 Å². The summed E-state index contributed by atoms with van der Waals surface area (Å²) in [7, 11) is 1.37. The fourth-order valence-corrected chi connectivity index (χ4v) is 4.08. The highest BCUT2D eigenvalue weighted by Crippen LogP contribution is 2.35. The van der Waals surface area contributed by atoms with Crippen LogP contribution in [-0.4, -0.2) is 33.6 Å². The molecule has 2 aromatic heterocycles. The van der Waals surface area contributed by atoms with Crippen LogP contribution in [0.1, 0.15) is 35.2 Å². The second kappa shape index (κ2) is 6.66. The number of benzene rings is 1. The molecule has 26 heavy (non-hydrogen) atoms. The smallest absolute Gasteiger partial charge is 0.308 e. The summed E-state index contributed by atoms with van der Waals surface area (Å²) in [4.78, 5) is 16.8. The highest BCUT2D eigenvalue weighted by Gasteiger charge is 2.30. The highest BCUT2D eigenvalue weighted by molar-refractivity contribution is 7.13. The molecule has 4 rings (SSSR count). The van der Waals surface area contributed by atoms with Gasteiger partial charge in [0.25, 0.3) is 0 Å². The Balaban J connectivity index is 1.93. The van der Waals surface area contributed by atoms with E-state index in [0.717, 1.165) is 27.7 Å². The van der Waals surface area contributed by atoms with Crippen LogP contribution in [0.3, 0.4) is 0 Å². The van der Waals surface area contributed by atoms with Crippen LogP contribution in [0.15, 0.2) is 40.7 Å². The molecule has 132 valence electrons. The molecule has 3 aromatic rings. The van der Waals surface area contributed by atoms with Crippen molar-refractivity contribution in [2.45, 2.75) is 19.4 Å². The van der Waals surface area contributed by atoms with E-state index in [-0.39, 0.29) is 12.4 Å². The summed E-state index contributed by atoms with van der Waals surface area (Å²) >= 11 is 7.62. The van der Waals surface area contributed by atoms with Gasteiger partial charge in [-0.25, -0.2) is 0 Å². The molecule has 0 fully saturated rings. The fraction of sp³-hybridized carbons (Fsp3) is 0.222. The van der Waals surface area contributed by atoms with Crippen LogP contribution in [0, 0.1) is 6.92 Å². The van der Waals surface area contributed by atoms with Gasteiger partial charge in [-0.15, -0.1) is 21.5 Å². The molecular weight excluding hydrogens is 372 g/mol. The molecule has 0 spiro atoms. The van der Waals surface area contributed by atoms with Crippen LogP contribution < -0.4 is 0 Å². The number of rotatable bonds is 3. The predicted octanol–water partition coefficient (Wildman–Crippen LogP) is 3.75. The zero-order chi connectivity index (χ0) is 18.3. The maximum Gasteiger partial charge on any atom is 0.308 e. The SMILES string of the molecule is COC(=O)C[C@@H]1N=C(c2ccc(Cl)cc2)c2ccsc2-n2c(C)nnc21. The summed E-state index contributed by atoms with van der Waals surface area (Å²) in [6, 6.07) is 9.06. The second-order valence-corrected chi connectivity index (χ2v) is 7.19. The summed E-state index contributed by atoms with van der Waals surface area (Å²) in [5, 5.41) is 12.1. The number of hydrogen-bond donors (Lipinski definition) is 0. The van der Waals surface area contributed by atoms with E-state index in [4.69, 9.17) is 21.3 Å². The van der Waals surface area contributed by atoms with E-state index in [1.807, 2.05) is 47.2 Å². The van der Waals surface area contributed by atoms with Crippen molar-refractivity contribution >= 4 is 34.6 Å². The van der Waals surface area contributed by atoms with Gasteiger partial charge in [-0.2, -0.15) is 0 Å². The molecule has 0 saturated carbocycles. The van der Waals surface area contributed by atoms with Gasteiger partial charge in [0.2, 0.25) is 0 Å². The Labute approximate surface area is 159 Å². The molecular formula is C18H15ClN4O2S. The van der Waals surface area contributed by atoms with Crippen molar-refractivity contribution in [3.8, 4) is 5.00 Å². The number of fused-ring (bicyclic) bond motifs is 3. The van der Waals surface area contributed by atoms with E-state index in [1.54, 1.807) is 11.3 Å². The number of carbonyl (C=O) groups is 1. The van der Waals surface area contributed by atoms with E-state index >= 15 is 0 Å². The molecule has 6 nitrogen and oxygen atoms in total. The first-order valence-corrected chi connectivity index (χ1v) is 9.25. The zero-order valence-corrected chi connectivity index (χ0v) is 15.7. The first-order chi connectivity index (χ1) is 12.6. The van der Waals surface area contributed by atoms with Gasteiger partial charge in [-0.1, -0.05) is 23.7 Å². The number of ether oxygens (including phenoxy) is 1. The Kier molecular flexibility index (Phi) is 4.34. The number of halogens is 1. The van der Waals surface area contributed by atoms with E-state index in [1.165, 1.54) is 7.11 Å². The largest absolute Gasteiger partial charge is 0.469 e. The third kappa shape index (κ3) is 2.83. The number of aliphatic imine (C=N–C) groups is 1. The molecule has 0 radical (unpaired) electrons. The third-order valence-corrected chi connectivity index (χ3v) is 5.39. The van der Waals surface area contributed by atoms with Crippen molar-refractivity contribution in [2.75, 3.05) is 7.11 Å². The minimum Gasteiger partial charge on any atom is -0.469 e. The Morgan fingerprint density at radius 1 is 1.27 bits per heavy atom. The maximum absolute atomic E-state index is 11.9. The molecule has 1 aromatic carbocycles. The quantitative estimate of drug-likeness (QED) is 0.643. The molecule has 1 aliphatic rings. The number of carbonyl (C=O) groups excluding carboxylic acids is 1. The summed E-state index contributed by atoms with van der Waals surface area (Å²) < 4.78 is 6.82. The number of aromatic nitrogens is 3. The van der Waals surface area contributed by atoms with E-state index < -0.39 is 6.04 Å². The van der Waals surface area contributed by atoms with Gasteiger partial charge >= 0.3 is 5.97 Å². The van der Waals surface area contributed by atoms with Crippen LogP contribution in [0.5, 0.6) is 0 Å². The predicted molar refractivity (Wildman–Crippen MR) is 100 cm³/mol. The number of hydrogen-bond acceptors (Lipinski definition) is 6. The molecule has 1 aliphatic heterocycles. The summed E-state index contributed by atoms with van der Waals surface area (Å²) in [6.07, 6.45) is 0.0979. The Morgan fingerprint density at radius 2 is 2.04 bits per heavy atom. The molecule has 0 bridgehead atoms. The lowest BCUT2D eigenvalue weighted by atomic mass is 10.0. The molecule has 3 heterocycles. The number of methoxy groups -OCH3 is 1. The van der Waals surface area contributed by atoms with E-state index in [2.05, 4.69) is 10.2 Å². The first kappa shape index (κ1) is 16.9. The van der Waals surface area contributed by atoms with Gasteiger partial charge in [0, 0.05) is 16.1 Å². The normalized spacial score (nSPS) is 15.7. The monoisotopic (exact) mass is 386 g/mol. The molecule has 0 unspecified atom stereocenters.